The highest BCUT2D eigenvalue weighted by atomic mass is 32.2. The van der Waals surface area contributed by atoms with E-state index < -0.39 is 0 Å². The molecule has 0 aromatic heterocycles. The number of nitrogens with zero attached hydrogens (tertiary/aromatic N) is 1. The molecule has 0 spiro atoms. The van der Waals surface area contributed by atoms with Crippen molar-refractivity contribution in [3.05, 3.63) is 48.5 Å². The van der Waals surface area contributed by atoms with Gasteiger partial charge in [-0.2, -0.15) is 0 Å². The fourth-order valence-electron chi connectivity index (χ4n) is 2.62. The number of amides is 1. The lowest BCUT2D eigenvalue weighted by atomic mass is 10.2. The first-order chi connectivity index (χ1) is 11.2. The van der Waals surface area contributed by atoms with Crippen molar-refractivity contribution in [2.45, 2.75) is 17.7 Å². The molecule has 120 valence electrons. The zero-order valence-electron chi connectivity index (χ0n) is 12.9. The number of nitrogens with one attached hydrogen (secondary N) is 1. The van der Waals surface area contributed by atoms with Gasteiger partial charge in [-0.05, 0) is 61.4 Å². The van der Waals surface area contributed by atoms with E-state index in [4.69, 9.17) is 0 Å². The monoisotopic (exact) mass is 328 g/mol. The predicted octanol–water partition coefficient (Wildman–Crippen LogP) is 3.72. The Morgan fingerprint density at radius 3 is 2.35 bits per heavy atom. The highest BCUT2D eigenvalue weighted by molar-refractivity contribution is 8.00. The molecule has 0 saturated carbocycles. The van der Waals surface area contributed by atoms with Crippen LogP contribution in [0.15, 0.2) is 53.4 Å². The Bertz CT molecular complexity index is 650. The lowest BCUT2D eigenvalue weighted by Crippen LogP contribution is -2.18. The van der Waals surface area contributed by atoms with Crippen LogP contribution in [-0.2, 0) is 4.79 Å². The zero-order valence-corrected chi connectivity index (χ0v) is 13.7. The molecule has 1 saturated heterocycles. The summed E-state index contributed by atoms with van der Waals surface area (Å²) in [4.78, 5) is 15.3. The van der Waals surface area contributed by atoms with E-state index >= 15 is 0 Å². The van der Waals surface area contributed by atoms with E-state index in [0.717, 1.165) is 23.7 Å². The Kier molecular flexibility index (Phi) is 5.08. The second-order valence-electron chi connectivity index (χ2n) is 5.57. The lowest BCUT2D eigenvalue weighted by Gasteiger charge is -2.17. The summed E-state index contributed by atoms with van der Waals surface area (Å²) in [6.07, 6.45) is 2.51. The van der Waals surface area contributed by atoms with Crippen molar-refractivity contribution < 1.29 is 9.90 Å². The smallest absolute Gasteiger partial charge is 0.234 e. The highest BCUT2D eigenvalue weighted by Crippen LogP contribution is 2.23. The average Bonchev–Trinajstić information content (AvgIpc) is 3.09. The summed E-state index contributed by atoms with van der Waals surface area (Å²) < 4.78 is 0. The summed E-state index contributed by atoms with van der Waals surface area (Å²) in [6.45, 7) is 2.24. The number of benzene rings is 2. The SMILES string of the molecule is O=C(CSc1ccc(O)cc1)Nc1ccc(N2CCCC2)cc1. The van der Waals surface area contributed by atoms with E-state index in [1.165, 1.54) is 30.3 Å². The Labute approximate surface area is 140 Å². The number of rotatable bonds is 5. The Hall–Kier alpha value is -2.14. The summed E-state index contributed by atoms with van der Waals surface area (Å²) in [6, 6.07) is 14.9. The number of carbonyl (C=O) groups excluding carboxylic acids is 1. The first kappa shape index (κ1) is 15.7. The van der Waals surface area contributed by atoms with E-state index in [9.17, 15) is 9.90 Å². The molecule has 2 aromatic carbocycles. The van der Waals surface area contributed by atoms with Gasteiger partial charge in [-0.1, -0.05) is 0 Å². The van der Waals surface area contributed by atoms with Gasteiger partial charge in [0.15, 0.2) is 0 Å². The van der Waals surface area contributed by atoms with Crippen LogP contribution < -0.4 is 10.2 Å². The number of phenolic OH excluding ortho intramolecular Hbond substituents is 1. The first-order valence-electron chi connectivity index (χ1n) is 7.77. The number of hydrogen-bond acceptors (Lipinski definition) is 4. The van der Waals surface area contributed by atoms with Crippen molar-refractivity contribution in [3.63, 3.8) is 0 Å². The zero-order chi connectivity index (χ0) is 16.1. The minimum Gasteiger partial charge on any atom is -0.508 e. The van der Waals surface area contributed by atoms with Crippen LogP contribution in [0.4, 0.5) is 11.4 Å². The maximum absolute atomic E-state index is 12.0. The van der Waals surface area contributed by atoms with Crippen LogP contribution in [0, 0.1) is 0 Å². The fraction of sp³-hybridized carbons (Fsp3) is 0.278. The van der Waals surface area contributed by atoms with E-state index in [1.54, 1.807) is 24.3 Å². The number of aromatic hydroxyl groups is 1. The maximum Gasteiger partial charge on any atom is 0.234 e. The van der Waals surface area contributed by atoms with Gasteiger partial charge >= 0.3 is 0 Å². The van der Waals surface area contributed by atoms with Gasteiger partial charge in [-0.15, -0.1) is 11.8 Å². The lowest BCUT2D eigenvalue weighted by molar-refractivity contribution is -0.113. The van der Waals surface area contributed by atoms with Gasteiger partial charge in [0.1, 0.15) is 5.75 Å². The van der Waals surface area contributed by atoms with Crippen LogP contribution in [0.25, 0.3) is 0 Å². The molecule has 4 nitrogen and oxygen atoms in total. The predicted molar refractivity (Wildman–Crippen MR) is 95.3 cm³/mol. The van der Waals surface area contributed by atoms with Gasteiger partial charge in [-0.25, -0.2) is 0 Å². The number of anilines is 2. The molecule has 2 N–H and O–H groups in total. The second-order valence-corrected chi connectivity index (χ2v) is 6.62. The number of phenols is 1. The molecule has 0 aliphatic carbocycles. The Morgan fingerprint density at radius 2 is 1.70 bits per heavy atom. The van der Waals surface area contributed by atoms with Gasteiger partial charge < -0.3 is 15.3 Å². The van der Waals surface area contributed by atoms with Crippen molar-refractivity contribution in [2.75, 3.05) is 29.1 Å². The molecule has 0 radical (unpaired) electrons. The Balaban J connectivity index is 1.50. The van der Waals surface area contributed by atoms with Crippen molar-refractivity contribution in [1.82, 2.24) is 0 Å². The molecule has 1 amide bonds. The topological polar surface area (TPSA) is 52.6 Å². The molecule has 23 heavy (non-hydrogen) atoms. The molecule has 1 aliphatic heterocycles. The van der Waals surface area contributed by atoms with E-state index in [-0.39, 0.29) is 11.7 Å². The van der Waals surface area contributed by atoms with Crippen molar-refractivity contribution in [2.24, 2.45) is 0 Å². The molecule has 0 atom stereocenters. The number of hydrogen-bond donors (Lipinski definition) is 2. The van der Waals surface area contributed by atoms with Gasteiger partial charge in [0.2, 0.25) is 5.91 Å². The number of carbonyl (C=O) groups is 1. The van der Waals surface area contributed by atoms with E-state index in [1.807, 2.05) is 12.1 Å². The molecule has 1 heterocycles. The molecule has 1 aliphatic rings. The normalized spacial score (nSPS) is 14.0. The maximum atomic E-state index is 12.0. The van der Waals surface area contributed by atoms with Crippen LogP contribution in [0.2, 0.25) is 0 Å². The van der Waals surface area contributed by atoms with Crippen molar-refractivity contribution in [3.8, 4) is 5.75 Å². The van der Waals surface area contributed by atoms with Crippen LogP contribution >= 0.6 is 11.8 Å². The molecule has 1 fully saturated rings. The molecule has 0 bridgehead atoms. The van der Waals surface area contributed by atoms with Crippen LogP contribution in [0.3, 0.4) is 0 Å². The standard InChI is InChI=1S/C18H20N2O2S/c21-16-7-9-17(10-8-16)23-13-18(22)19-14-3-5-15(6-4-14)20-11-1-2-12-20/h3-10,21H,1-2,11-13H2,(H,19,22). The summed E-state index contributed by atoms with van der Waals surface area (Å²) >= 11 is 1.45. The molecular weight excluding hydrogens is 308 g/mol. The minimum absolute atomic E-state index is 0.0306. The minimum atomic E-state index is -0.0306. The average molecular weight is 328 g/mol. The van der Waals surface area contributed by atoms with Gasteiger partial charge in [0, 0.05) is 29.4 Å². The molecule has 2 aromatic rings. The highest BCUT2D eigenvalue weighted by Gasteiger charge is 2.12. The third-order valence-electron chi connectivity index (χ3n) is 3.83. The second kappa shape index (κ2) is 7.42. The van der Waals surface area contributed by atoms with E-state index in [0.29, 0.717) is 5.75 Å². The van der Waals surface area contributed by atoms with Crippen molar-refractivity contribution >= 4 is 29.0 Å². The van der Waals surface area contributed by atoms with Crippen LogP contribution in [0.5, 0.6) is 5.75 Å². The largest absolute Gasteiger partial charge is 0.508 e. The van der Waals surface area contributed by atoms with Crippen LogP contribution in [0.1, 0.15) is 12.8 Å². The number of thioether (sulfide) groups is 1. The molecule has 3 rings (SSSR count). The third-order valence-corrected chi connectivity index (χ3v) is 4.84. The summed E-state index contributed by atoms with van der Waals surface area (Å²) in [5, 5.41) is 12.2. The quantitative estimate of drug-likeness (QED) is 0.821. The summed E-state index contributed by atoms with van der Waals surface area (Å²) in [5.41, 5.74) is 2.04. The molecule has 0 unspecified atom stereocenters. The fourth-order valence-corrected chi connectivity index (χ4v) is 3.32. The Morgan fingerprint density at radius 1 is 1.04 bits per heavy atom. The first-order valence-corrected chi connectivity index (χ1v) is 8.76. The van der Waals surface area contributed by atoms with Gasteiger partial charge in [-0.3, -0.25) is 4.79 Å². The van der Waals surface area contributed by atoms with Gasteiger partial charge in [0.05, 0.1) is 5.75 Å². The summed E-state index contributed by atoms with van der Waals surface area (Å²) in [5.74, 6) is 0.549. The third kappa shape index (κ3) is 4.42. The molecular formula is C18H20N2O2S. The van der Waals surface area contributed by atoms with Crippen LogP contribution in [-0.4, -0.2) is 29.9 Å². The van der Waals surface area contributed by atoms with Crippen molar-refractivity contribution in [1.29, 1.82) is 0 Å². The van der Waals surface area contributed by atoms with Gasteiger partial charge in [0.25, 0.3) is 0 Å². The molecule has 5 heteroatoms. The van der Waals surface area contributed by atoms with E-state index in [2.05, 4.69) is 22.3 Å². The summed E-state index contributed by atoms with van der Waals surface area (Å²) in [7, 11) is 0.